The van der Waals surface area contributed by atoms with Crippen molar-refractivity contribution in [3.05, 3.63) is 96.1 Å². The Morgan fingerprint density at radius 1 is 0.711 bits per heavy atom. The summed E-state index contributed by atoms with van der Waals surface area (Å²) in [7, 11) is 2.89. The highest BCUT2D eigenvalue weighted by atomic mass is 16.5. The molecule has 2 saturated heterocycles. The van der Waals surface area contributed by atoms with Crippen molar-refractivity contribution in [1.82, 2.24) is 0 Å². The van der Waals surface area contributed by atoms with Crippen molar-refractivity contribution in [2.75, 3.05) is 24.0 Å². The lowest BCUT2D eigenvalue weighted by molar-refractivity contribution is -0.126. The molecule has 2 heterocycles. The number of carbonyl (C=O) groups is 4. The molecule has 3 aromatic carbocycles. The van der Waals surface area contributed by atoms with Gasteiger partial charge in [0.05, 0.1) is 49.3 Å². The Hall–Kier alpha value is -5.18. The number of rotatable bonds is 6. The molecular formula is C36H32N2O7. The Balaban J connectivity index is 1.31. The van der Waals surface area contributed by atoms with E-state index in [0.717, 1.165) is 5.57 Å². The molecule has 9 heteroatoms. The van der Waals surface area contributed by atoms with Gasteiger partial charge in [0.1, 0.15) is 0 Å². The molecule has 4 aliphatic rings. The summed E-state index contributed by atoms with van der Waals surface area (Å²) in [5, 5.41) is 10.4. The number of phenols is 1. The third-order valence-corrected chi connectivity index (χ3v) is 9.73. The fourth-order valence-corrected chi connectivity index (χ4v) is 7.74. The van der Waals surface area contributed by atoms with Gasteiger partial charge >= 0.3 is 0 Å². The second kappa shape index (κ2) is 11.1. The van der Waals surface area contributed by atoms with Gasteiger partial charge in [-0.1, -0.05) is 60.2 Å². The average molecular weight is 605 g/mol. The number of imide groups is 2. The zero-order valence-electron chi connectivity index (χ0n) is 24.8. The minimum absolute atomic E-state index is 0.126. The lowest BCUT2D eigenvalue weighted by Gasteiger charge is -2.42. The molecule has 3 fully saturated rings. The molecular weight excluding hydrogens is 572 g/mol. The summed E-state index contributed by atoms with van der Waals surface area (Å²) >= 11 is 0. The molecule has 0 bridgehead atoms. The zero-order chi connectivity index (χ0) is 31.4. The van der Waals surface area contributed by atoms with Gasteiger partial charge in [-0.3, -0.25) is 29.0 Å². The molecule has 1 saturated carbocycles. The van der Waals surface area contributed by atoms with Crippen molar-refractivity contribution in [2.45, 2.75) is 12.8 Å². The predicted octanol–water partition coefficient (Wildman–Crippen LogP) is 5.00. The van der Waals surface area contributed by atoms with E-state index in [0.29, 0.717) is 29.8 Å². The maximum atomic E-state index is 14.1. The van der Waals surface area contributed by atoms with E-state index in [1.54, 1.807) is 60.7 Å². The van der Waals surface area contributed by atoms with Gasteiger partial charge in [-0.2, -0.15) is 0 Å². The molecule has 1 N–H and O–H groups in total. The van der Waals surface area contributed by atoms with Gasteiger partial charge in [0.2, 0.25) is 29.4 Å². The summed E-state index contributed by atoms with van der Waals surface area (Å²) in [6.07, 6.45) is 6.41. The molecule has 45 heavy (non-hydrogen) atoms. The monoisotopic (exact) mass is 604 g/mol. The number of nitrogens with zero attached hydrogens (tertiary/aromatic N) is 2. The van der Waals surface area contributed by atoms with Crippen LogP contribution in [0.3, 0.4) is 0 Å². The van der Waals surface area contributed by atoms with Crippen LogP contribution in [0.25, 0.3) is 6.08 Å². The predicted molar refractivity (Wildman–Crippen MR) is 166 cm³/mol. The van der Waals surface area contributed by atoms with E-state index in [1.807, 2.05) is 30.4 Å². The summed E-state index contributed by atoms with van der Waals surface area (Å²) in [4.78, 5) is 58.4. The van der Waals surface area contributed by atoms with Crippen LogP contribution >= 0.6 is 0 Å². The van der Waals surface area contributed by atoms with Crippen LogP contribution in [-0.4, -0.2) is 43.0 Å². The van der Waals surface area contributed by atoms with E-state index < -0.39 is 29.6 Å². The molecule has 228 valence electrons. The number of fused-ring (bicyclic) bond motifs is 4. The smallest absolute Gasteiger partial charge is 0.238 e. The van der Waals surface area contributed by atoms with Gasteiger partial charge in [0.15, 0.2) is 11.5 Å². The quantitative estimate of drug-likeness (QED) is 0.311. The highest BCUT2D eigenvalue weighted by molar-refractivity contribution is 6.24. The van der Waals surface area contributed by atoms with Gasteiger partial charge in [0, 0.05) is 5.92 Å². The third kappa shape index (κ3) is 4.44. The summed E-state index contributed by atoms with van der Waals surface area (Å²) in [6.45, 7) is 0. The molecule has 2 aliphatic heterocycles. The van der Waals surface area contributed by atoms with Crippen LogP contribution in [0, 0.1) is 35.5 Å². The Kier molecular flexibility index (Phi) is 7.03. The van der Waals surface area contributed by atoms with Crippen LogP contribution < -0.4 is 19.3 Å². The summed E-state index contributed by atoms with van der Waals surface area (Å²) < 4.78 is 10.7. The van der Waals surface area contributed by atoms with Crippen LogP contribution in [-0.2, 0) is 19.2 Å². The van der Waals surface area contributed by atoms with Crippen molar-refractivity contribution >= 4 is 41.1 Å². The molecule has 6 atom stereocenters. The van der Waals surface area contributed by atoms with Gasteiger partial charge in [-0.05, 0) is 60.7 Å². The number of para-hydroxylation sites is 2. The molecule has 3 aromatic rings. The van der Waals surface area contributed by atoms with Crippen molar-refractivity contribution in [2.24, 2.45) is 35.5 Å². The van der Waals surface area contributed by atoms with Crippen molar-refractivity contribution < 1.29 is 33.8 Å². The van der Waals surface area contributed by atoms with Crippen LogP contribution in [0.4, 0.5) is 11.4 Å². The highest BCUT2D eigenvalue weighted by Crippen LogP contribution is 2.56. The fraction of sp³-hybridized carbons (Fsp3) is 0.278. The maximum absolute atomic E-state index is 14.1. The first kappa shape index (κ1) is 28.6. The van der Waals surface area contributed by atoms with Crippen LogP contribution in [0.2, 0.25) is 0 Å². The number of aromatic hydroxyl groups is 1. The largest absolute Gasteiger partial charge is 0.502 e. The summed E-state index contributed by atoms with van der Waals surface area (Å²) in [5.74, 6) is -4.13. The number of anilines is 2. The number of allylic oxidation sites excluding steroid dienone is 3. The number of phenolic OH excluding ortho intramolecular Hbond substituents is 1. The normalized spacial score (nSPS) is 27.4. The van der Waals surface area contributed by atoms with Crippen LogP contribution in [0.15, 0.2) is 90.5 Å². The van der Waals surface area contributed by atoms with E-state index in [9.17, 15) is 24.3 Å². The second-order valence-corrected chi connectivity index (χ2v) is 11.9. The second-order valence-electron chi connectivity index (χ2n) is 11.9. The number of benzene rings is 3. The first-order chi connectivity index (χ1) is 21.8. The molecule has 7 rings (SSSR count). The Morgan fingerprint density at radius 2 is 1.24 bits per heavy atom. The Bertz CT molecular complexity index is 1740. The molecule has 2 aliphatic carbocycles. The number of ether oxygens (including phenoxy) is 2. The number of carbonyl (C=O) groups excluding carboxylic acids is 4. The lowest BCUT2D eigenvalue weighted by atomic mass is 9.58. The Morgan fingerprint density at radius 3 is 1.80 bits per heavy atom. The lowest BCUT2D eigenvalue weighted by Crippen LogP contribution is -2.43. The number of methoxy groups -OCH3 is 2. The van der Waals surface area contributed by atoms with Crippen molar-refractivity contribution in [1.29, 1.82) is 0 Å². The third-order valence-electron chi connectivity index (χ3n) is 9.73. The van der Waals surface area contributed by atoms with Gasteiger partial charge in [-0.15, -0.1) is 0 Å². The van der Waals surface area contributed by atoms with E-state index >= 15 is 0 Å². The van der Waals surface area contributed by atoms with Crippen molar-refractivity contribution in [3.8, 4) is 17.2 Å². The number of hydrogen-bond acceptors (Lipinski definition) is 7. The Labute approximate surface area is 260 Å². The minimum atomic E-state index is -0.675. The van der Waals surface area contributed by atoms with E-state index in [2.05, 4.69) is 0 Å². The first-order valence-electron chi connectivity index (χ1n) is 15.0. The van der Waals surface area contributed by atoms with Gasteiger partial charge < -0.3 is 14.6 Å². The van der Waals surface area contributed by atoms with Crippen LogP contribution in [0.1, 0.15) is 18.4 Å². The van der Waals surface area contributed by atoms with E-state index in [1.165, 1.54) is 24.0 Å². The molecule has 0 aromatic heterocycles. The summed E-state index contributed by atoms with van der Waals surface area (Å²) in [6, 6.07) is 21.1. The van der Waals surface area contributed by atoms with Gasteiger partial charge in [0.25, 0.3) is 0 Å². The molecule has 4 amide bonds. The molecule has 9 nitrogen and oxygen atoms in total. The van der Waals surface area contributed by atoms with Crippen LogP contribution in [0.5, 0.6) is 17.2 Å². The number of hydrogen-bond donors (Lipinski definition) is 1. The zero-order valence-corrected chi connectivity index (χ0v) is 24.8. The molecule has 0 radical (unpaired) electrons. The van der Waals surface area contributed by atoms with Crippen molar-refractivity contribution in [3.63, 3.8) is 0 Å². The highest BCUT2D eigenvalue weighted by Gasteiger charge is 2.61. The van der Waals surface area contributed by atoms with E-state index in [4.69, 9.17) is 9.47 Å². The standard InChI is InChI=1S/C36H32N2O7/c1-44-28-17-20(18-29(45-2)32(28)39)13-14-24-23-15-16-25-31(36(43)37(33(25)40)21-9-5-3-6-10-21)26(23)19-27-30(24)35(42)38(34(27)41)22-11-7-4-8-12-22/h3-15,17-18,24-27,30-31,39H,16,19H2,1-2H3. The molecule has 6 unspecified atom stereocenters. The first-order valence-corrected chi connectivity index (χ1v) is 15.0. The topological polar surface area (TPSA) is 113 Å². The summed E-state index contributed by atoms with van der Waals surface area (Å²) in [5.41, 5.74) is 2.60. The SMILES string of the molecule is COc1cc(C=CC2C3=CCC4C(=O)N(c5ccccc5)C(=O)C4C3CC3C(=O)N(c4ccccc4)C(=O)C23)cc(OC)c1O. The minimum Gasteiger partial charge on any atom is -0.502 e. The average Bonchev–Trinajstić information content (AvgIpc) is 3.47. The number of amides is 4. The fourth-order valence-electron chi connectivity index (χ4n) is 7.74. The van der Waals surface area contributed by atoms with Gasteiger partial charge in [-0.25, -0.2) is 0 Å². The van der Waals surface area contributed by atoms with E-state index in [-0.39, 0.29) is 46.8 Å². The maximum Gasteiger partial charge on any atom is 0.238 e. The molecule has 0 spiro atoms.